The molecule has 0 bridgehead atoms. The molecule has 1 aliphatic rings. The van der Waals surface area contributed by atoms with Gasteiger partial charge in [-0.3, -0.25) is 9.59 Å². The lowest BCUT2D eigenvalue weighted by atomic mass is 9.89. The summed E-state index contributed by atoms with van der Waals surface area (Å²) in [5, 5.41) is 9.50. The van der Waals surface area contributed by atoms with E-state index in [1.807, 2.05) is 36.4 Å². The van der Waals surface area contributed by atoms with Gasteiger partial charge in [0.1, 0.15) is 5.75 Å². The molecule has 2 N–H and O–H groups in total. The number of carbonyl (C=O) groups excluding carboxylic acids is 2. The van der Waals surface area contributed by atoms with Crippen LogP contribution in [-0.2, 0) is 16.1 Å². The number of benzene rings is 2. The van der Waals surface area contributed by atoms with Crippen LogP contribution >= 0.6 is 0 Å². The zero-order chi connectivity index (χ0) is 19.5. The summed E-state index contributed by atoms with van der Waals surface area (Å²) in [6, 6.07) is 12.9. The predicted octanol–water partition coefficient (Wildman–Crippen LogP) is 2.49. The number of anilines is 1. The van der Waals surface area contributed by atoms with Crippen molar-refractivity contribution < 1.29 is 18.8 Å². The number of carbonyl (C=O) groups is 2. The van der Waals surface area contributed by atoms with Gasteiger partial charge in [0.15, 0.2) is 0 Å². The lowest BCUT2D eigenvalue weighted by Gasteiger charge is -2.26. The number of nitrogens with zero attached hydrogens (tertiary/aromatic N) is 2. The molecule has 0 unspecified atom stereocenters. The lowest BCUT2D eigenvalue weighted by Crippen LogP contribution is -2.34. The highest BCUT2D eigenvalue weighted by Crippen LogP contribution is 2.38. The van der Waals surface area contributed by atoms with E-state index in [9.17, 15) is 9.59 Å². The summed E-state index contributed by atoms with van der Waals surface area (Å²) in [6.45, 7) is 0.350. The molecular weight excluding hydrogens is 360 g/mol. The fourth-order valence-corrected chi connectivity index (χ4v) is 3.24. The third-order valence-corrected chi connectivity index (χ3v) is 4.66. The van der Waals surface area contributed by atoms with Gasteiger partial charge in [0.05, 0.1) is 18.7 Å². The van der Waals surface area contributed by atoms with Crippen molar-refractivity contribution in [2.45, 2.75) is 18.9 Å². The first-order chi connectivity index (χ1) is 13.7. The molecule has 2 amide bonds. The maximum Gasteiger partial charge on any atom is 0.228 e. The van der Waals surface area contributed by atoms with E-state index in [0.717, 1.165) is 16.7 Å². The minimum atomic E-state index is -0.558. The molecule has 8 heteroatoms. The van der Waals surface area contributed by atoms with Gasteiger partial charge < -0.3 is 19.9 Å². The number of amides is 2. The SMILES string of the molecule is COc1cccc2c1NC(=O)C[C@H]2C(=O)NCc1ccc(-c2ncon2)cc1. The maximum absolute atomic E-state index is 12.8. The number of methoxy groups -OCH3 is 1. The highest BCUT2D eigenvalue weighted by Gasteiger charge is 2.32. The molecule has 0 spiro atoms. The highest BCUT2D eigenvalue weighted by atomic mass is 16.5. The monoisotopic (exact) mass is 378 g/mol. The summed E-state index contributed by atoms with van der Waals surface area (Å²) >= 11 is 0. The Morgan fingerprint density at radius 3 is 2.82 bits per heavy atom. The molecule has 28 heavy (non-hydrogen) atoms. The smallest absolute Gasteiger partial charge is 0.228 e. The van der Waals surface area contributed by atoms with Crippen LogP contribution in [0.25, 0.3) is 11.4 Å². The molecule has 142 valence electrons. The van der Waals surface area contributed by atoms with Crippen LogP contribution in [0.2, 0.25) is 0 Å². The van der Waals surface area contributed by atoms with E-state index >= 15 is 0 Å². The average molecular weight is 378 g/mol. The minimum Gasteiger partial charge on any atom is -0.495 e. The summed E-state index contributed by atoms with van der Waals surface area (Å²) < 4.78 is 10.0. The molecule has 0 saturated carbocycles. The molecule has 1 aliphatic heterocycles. The first-order valence-electron chi connectivity index (χ1n) is 8.76. The van der Waals surface area contributed by atoms with Crippen molar-refractivity contribution in [2.75, 3.05) is 12.4 Å². The van der Waals surface area contributed by atoms with Gasteiger partial charge in [-0.25, -0.2) is 0 Å². The van der Waals surface area contributed by atoms with Crippen LogP contribution in [0.15, 0.2) is 53.4 Å². The van der Waals surface area contributed by atoms with Gasteiger partial charge in [-0.05, 0) is 17.2 Å². The maximum atomic E-state index is 12.8. The van der Waals surface area contributed by atoms with Crippen molar-refractivity contribution in [3.63, 3.8) is 0 Å². The second-order valence-electron chi connectivity index (χ2n) is 6.40. The molecule has 3 aromatic rings. The summed E-state index contributed by atoms with van der Waals surface area (Å²) in [5.41, 5.74) is 3.07. The van der Waals surface area contributed by atoms with Gasteiger partial charge in [0, 0.05) is 18.5 Å². The molecule has 1 aromatic heterocycles. The van der Waals surface area contributed by atoms with E-state index in [4.69, 9.17) is 9.26 Å². The van der Waals surface area contributed by atoms with Crippen LogP contribution in [0, 0.1) is 0 Å². The Kier molecular flexibility index (Phi) is 4.76. The molecule has 2 heterocycles. The molecule has 0 radical (unpaired) electrons. The van der Waals surface area contributed by atoms with Crippen LogP contribution in [0.1, 0.15) is 23.5 Å². The first kappa shape index (κ1) is 17.7. The van der Waals surface area contributed by atoms with Crippen molar-refractivity contribution in [3.8, 4) is 17.1 Å². The minimum absolute atomic E-state index is 0.1000. The number of aromatic nitrogens is 2. The summed E-state index contributed by atoms with van der Waals surface area (Å²) in [6.07, 6.45) is 1.37. The zero-order valence-electron chi connectivity index (χ0n) is 15.1. The van der Waals surface area contributed by atoms with E-state index < -0.39 is 5.92 Å². The highest BCUT2D eigenvalue weighted by molar-refractivity contribution is 6.02. The topological polar surface area (TPSA) is 106 Å². The van der Waals surface area contributed by atoms with E-state index in [1.165, 1.54) is 13.5 Å². The van der Waals surface area contributed by atoms with E-state index in [0.29, 0.717) is 23.8 Å². The molecule has 4 rings (SSSR count). The first-order valence-corrected chi connectivity index (χ1v) is 8.76. The van der Waals surface area contributed by atoms with Gasteiger partial charge in [0.2, 0.25) is 24.0 Å². The number of hydrogen-bond donors (Lipinski definition) is 2. The molecule has 0 aliphatic carbocycles. The third kappa shape index (κ3) is 3.44. The Balaban J connectivity index is 1.47. The van der Waals surface area contributed by atoms with E-state index in [1.54, 1.807) is 6.07 Å². The predicted molar refractivity (Wildman–Crippen MR) is 101 cm³/mol. The summed E-state index contributed by atoms with van der Waals surface area (Å²) in [5.74, 6) is 0.0837. The standard InChI is InChI=1S/C20H18N4O4/c1-27-16-4-2-3-14-15(9-17(25)23-18(14)16)20(26)21-10-12-5-7-13(8-6-12)19-22-11-28-24-19/h2-8,11,15H,9-10H2,1H3,(H,21,26)(H,23,25)/t15-/m1/s1. The molecule has 8 nitrogen and oxygen atoms in total. The van der Waals surface area contributed by atoms with Gasteiger partial charge in [-0.1, -0.05) is 41.6 Å². The number of para-hydroxylation sites is 1. The van der Waals surface area contributed by atoms with Gasteiger partial charge in [0.25, 0.3) is 0 Å². The fraction of sp³-hybridized carbons (Fsp3) is 0.200. The van der Waals surface area contributed by atoms with E-state index in [-0.39, 0.29) is 18.2 Å². The average Bonchev–Trinajstić information content (AvgIpc) is 3.26. The molecule has 1 atom stereocenters. The number of ether oxygens (including phenoxy) is 1. The number of hydrogen-bond acceptors (Lipinski definition) is 6. The normalized spacial score (nSPS) is 15.5. The van der Waals surface area contributed by atoms with Crippen LogP contribution in [0.4, 0.5) is 5.69 Å². The Morgan fingerprint density at radius 1 is 1.29 bits per heavy atom. The van der Waals surface area contributed by atoms with Crippen molar-refractivity contribution in [1.82, 2.24) is 15.5 Å². The van der Waals surface area contributed by atoms with Crippen LogP contribution in [0.3, 0.4) is 0 Å². The van der Waals surface area contributed by atoms with Crippen molar-refractivity contribution in [2.24, 2.45) is 0 Å². The quantitative estimate of drug-likeness (QED) is 0.706. The summed E-state index contributed by atoms with van der Waals surface area (Å²) in [4.78, 5) is 28.8. The Labute approximate surface area is 160 Å². The van der Waals surface area contributed by atoms with Crippen LogP contribution in [-0.4, -0.2) is 29.1 Å². The summed E-state index contributed by atoms with van der Waals surface area (Å²) in [7, 11) is 1.53. The lowest BCUT2D eigenvalue weighted by molar-refractivity contribution is -0.126. The van der Waals surface area contributed by atoms with Crippen LogP contribution in [0.5, 0.6) is 5.75 Å². The largest absolute Gasteiger partial charge is 0.495 e. The number of rotatable bonds is 5. The molecule has 2 aromatic carbocycles. The second-order valence-corrected chi connectivity index (χ2v) is 6.40. The fourth-order valence-electron chi connectivity index (χ4n) is 3.24. The van der Waals surface area contributed by atoms with Gasteiger partial charge >= 0.3 is 0 Å². The molecular formula is C20H18N4O4. The molecule has 0 saturated heterocycles. The van der Waals surface area contributed by atoms with Crippen molar-refractivity contribution in [3.05, 3.63) is 60.0 Å². The Morgan fingerprint density at radius 2 is 2.11 bits per heavy atom. The Bertz CT molecular complexity index is 1000. The van der Waals surface area contributed by atoms with Gasteiger partial charge in [-0.15, -0.1) is 0 Å². The second kappa shape index (κ2) is 7.51. The number of nitrogens with one attached hydrogen (secondary N) is 2. The number of fused-ring (bicyclic) bond motifs is 1. The molecule has 0 fully saturated rings. The Hall–Kier alpha value is -3.68. The van der Waals surface area contributed by atoms with Crippen molar-refractivity contribution in [1.29, 1.82) is 0 Å². The van der Waals surface area contributed by atoms with E-state index in [2.05, 4.69) is 20.8 Å². The van der Waals surface area contributed by atoms with Gasteiger partial charge in [-0.2, -0.15) is 4.98 Å². The van der Waals surface area contributed by atoms with Crippen molar-refractivity contribution >= 4 is 17.5 Å². The zero-order valence-corrected chi connectivity index (χ0v) is 15.1. The third-order valence-electron chi connectivity index (χ3n) is 4.66. The van der Waals surface area contributed by atoms with Crippen LogP contribution < -0.4 is 15.4 Å².